The Morgan fingerprint density at radius 3 is 2.24 bits per heavy atom. The second-order valence-electron chi connectivity index (χ2n) is 6.41. The van der Waals surface area contributed by atoms with Crippen LogP contribution < -0.4 is 10.1 Å². The summed E-state index contributed by atoms with van der Waals surface area (Å²) in [5, 5.41) is 3.21. The largest absolute Gasteiger partial charge is 0.494 e. The van der Waals surface area contributed by atoms with Crippen molar-refractivity contribution in [3.05, 3.63) is 90.0 Å². The molecule has 0 aliphatic heterocycles. The van der Waals surface area contributed by atoms with Crippen molar-refractivity contribution < 1.29 is 19.1 Å². The van der Waals surface area contributed by atoms with E-state index in [0.29, 0.717) is 29.2 Å². The van der Waals surface area contributed by atoms with Gasteiger partial charge in [0.25, 0.3) is 0 Å². The van der Waals surface area contributed by atoms with Crippen LogP contribution in [0.1, 0.15) is 34.6 Å². The number of Topliss-reactive ketones (excluding diaryl/α,β-unsaturated/α-hetero) is 1. The first-order valence-corrected chi connectivity index (χ1v) is 9.47. The molecule has 0 spiro atoms. The van der Waals surface area contributed by atoms with E-state index in [0.717, 1.165) is 5.69 Å². The minimum Gasteiger partial charge on any atom is -0.494 e. The standard InChI is InChI=1S/C24H23NO4/c1-3-28-20-15-13-18(14-16-20)23(26)17(2)29-24(27)21-11-7-8-12-22(21)25-19-9-5-4-6-10-19/h4-17,25H,3H2,1-2H3/t17-/m1/s1. The van der Waals surface area contributed by atoms with Gasteiger partial charge in [0.15, 0.2) is 6.10 Å². The lowest BCUT2D eigenvalue weighted by molar-refractivity contribution is 0.0320. The highest BCUT2D eigenvalue weighted by Crippen LogP contribution is 2.22. The van der Waals surface area contributed by atoms with Crippen LogP contribution in [-0.4, -0.2) is 24.5 Å². The van der Waals surface area contributed by atoms with Gasteiger partial charge < -0.3 is 14.8 Å². The summed E-state index contributed by atoms with van der Waals surface area (Å²) in [5.41, 5.74) is 2.29. The van der Waals surface area contributed by atoms with Crippen LogP contribution in [0.4, 0.5) is 11.4 Å². The number of anilines is 2. The summed E-state index contributed by atoms with van der Waals surface area (Å²) < 4.78 is 10.8. The first-order valence-electron chi connectivity index (χ1n) is 9.47. The molecule has 5 heteroatoms. The Balaban J connectivity index is 1.70. The third-order valence-corrected chi connectivity index (χ3v) is 4.30. The highest BCUT2D eigenvalue weighted by Gasteiger charge is 2.22. The summed E-state index contributed by atoms with van der Waals surface area (Å²) in [4.78, 5) is 25.3. The fraction of sp³-hybridized carbons (Fsp3) is 0.167. The number of ether oxygens (including phenoxy) is 2. The molecular weight excluding hydrogens is 366 g/mol. The fourth-order valence-electron chi connectivity index (χ4n) is 2.84. The second kappa shape index (κ2) is 9.55. The van der Waals surface area contributed by atoms with Crippen LogP contribution in [0.3, 0.4) is 0 Å². The van der Waals surface area contributed by atoms with Crippen LogP contribution in [-0.2, 0) is 4.74 Å². The molecule has 3 rings (SSSR count). The Hall–Kier alpha value is -3.60. The van der Waals surface area contributed by atoms with Crippen LogP contribution >= 0.6 is 0 Å². The topological polar surface area (TPSA) is 64.6 Å². The molecule has 0 unspecified atom stereocenters. The van der Waals surface area contributed by atoms with E-state index in [1.165, 1.54) is 0 Å². The predicted molar refractivity (Wildman–Crippen MR) is 113 cm³/mol. The molecule has 3 aromatic carbocycles. The van der Waals surface area contributed by atoms with Gasteiger partial charge in [-0.15, -0.1) is 0 Å². The van der Waals surface area contributed by atoms with E-state index in [9.17, 15) is 9.59 Å². The zero-order chi connectivity index (χ0) is 20.6. The van der Waals surface area contributed by atoms with Crippen LogP contribution in [0.2, 0.25) is 0 Å². The molecule has 0 fully saturated rings. The van der Waals surface area contributed by atoms with Crippen molar-refractivity contribution >= 4 is 23.1 Å². The maximum absolute atomic E-state index is 12.7. The number of carbonyl (C=O) groups is 2. The third kappa shape index (κ3) is 5.23. The number of ketones is 1. The smallest absolute Gasteiger partial charge is 0.340 e. The van der Waals surface area contributed by atoms with Crippen molar-refractivity contribution in [1.29, 1.82) is 0 Å². The zero-order valence-electron chi connectivity index (χ0n) is 16.4. The molecule has 0 radical (unpaired) electrons. The molecule has 0 heterocycles. The summed E-state index contributed by atoms with van der Waals surface area (Å²) in [6.45, 7) is 4.02. The van der Waals surface area contributed by atoms with E-state index >= 15 is 0 Å². The van der Waals surface area contributed by atoms with Gasteiger partial charge in [-0.2, -0.15) is 0 Å². The molecule has 1 N–H and O–H groups in total. The van der Waals surface area contributed by atoms with E-state index in [1.807, 2.05) is 43.3 Å². The Morgan fingerprint density at radius 2 is 1.55 bits per heavy atom. The first kappa shape index (κ1) is 20.1. The molecule has 0 aromatic heterocycles. The zero-order valence-corrected chi connectivity index (χ0v) is 16.4. The van der Waals surface area contributed by atoms with Crippen LogP contribution in [0.15, 0.2) is 78.9 Å². The van der Waals surface area contributed by atoms with Crippen molar-refractivity contribution in [1.82, 2.24) is 0 Å². The number of nitrogens with one attached hydrogen (secondary N) is 1. The Bertz CT molecular complexity index is 968. The average molecular weight is 389 g/mol. The van der Waals surface area contributed by atoms with E-state index in [-0.39, 0.29) is 5.78 Å². The molecule has 0 saturated carbocycles. The molecule has 0 amide bonds. The molecule has 0 bridgehead atoms. The summed E-state index contributed by atoms with van der Waals surface area (Å²) in [5.74, 6) is -0.139. The Labute approximate surface area is 170 Å². The van der Waals surface area contributed by atoms with Gasteiger partial charge in [0.2, 0.25) is 5.78 Å². The number of hydrogen-bond acceptors (Lipinski definition) is 5. The van der Waals surface area contributed by atoms with E-state index < -0.39 is 12.1 Å². The molecular formula is C24H23NO4. The van der Waals surface area contributed by atoms with Crippen LogP contribution in [0, 0.1) is 0 Å². The molecule has 5 nitrogen and oxygen atoms in total. The van der Waals surface area contributed by atoms with Gasteiger partial charge in [0.1, 0.15) is 5.75 Å². The van der Waals surface area contributed by atoms with Gasteiger partial charge in [-0.25, -0.2) is 4.79 Å². The number of carbonyl (C=O) groups excluding carboxylic acids is 2. The highest BCUT2D eigenvalue weighted by molar-refractivity contribution is 6.02. The van der Waals surface area contributed by atoms with Gasteiger partial charge in [-0.3, -0.25) is 4.79 Å². The monoisotopic (exact) mass is 389 g/mol. The molecule has 29 heavy (non-hydrogen) atoms. The van der Waals surface area contributed by atoms with Gasteiger partial charge >= 0.3 is 5.97 Å². The van der Waals surface area contributed by atoms with E-state index in [4.69, 9.17) is 9.47 Å². The van der Waals surface area contributed by atoms with E-state index in [1.54, 1.807) is 49.4 Å². The minimum absolute atomic E-state index is 0.269. The maximum Gasteiger partial charge on any atom is 0.340 e. The number of esters is 1. The Morgan fingerprint density at radius 1 is 0.897 bits per heavy atom. The second-order valence-corrected chi connectivity index (χ2v) is 6.41. The number of benzene rings is 3. The lowest BCUT2D eigenvalue weighted by Crippen LogP contribution is -2.24. The molecule has 0 aliphatic carbocycles. The average Bonchev–Trinajstić information content (AvgIpc) is 2.75. The van der Waals surface area contributed by atoms with Crippen molar-refractivity contribution in [3.63, 3.8) is 0 Å². The quantitative estimate of drug-likeness (QED) is 0.421. The number of hydrogen-bond donors (Lipinski definition) is 1. The fourth-order valence-corrected chi connectivity index (χ4v) is 2.84. The molecule has 3 aromatic rings. The summed E-state index contributed by atoms with van der Waals surface area (Å²) in [6, 6.07) is 23.4. The summed E-state index contributed by atoms with van der Waals surface area (Å²) >= 11 is 0. The number of rotatable bonds is 8. The third-order valence-electron chi connectivity index (χ3n) is 4.30. The summed E-state index contributed by atoms with van der Waals surface area (Å²) in [6.07, 6.45) is -0.912. The van der Waals surface area contributed by atoms with Crippen molar-refractivity contribution in [2.75, 3.05) is 11.9 Å². The molecule has 0 saturated heterocycles. The predicted octanol–water partition coefficient (Wildman–Crippen LogP) is 5.26. The molecule has 148 valence electrons. The van der Waals surface area contributed by atoms with Crippen LogP contribution in [0.25, 0.3) is 0 Å². The normalized spacial score (nSPS) is 11.4. The van der Waals surface area contributed by atoms with Crippen molar-refractivity contribution in [2.45, 2.75) is 20.0 Å². The van der Waals surface area contributed by atoms with Gasteiger partial charge in [-0.1, -0.05) is 30.3 Å². The van der Waals surface area contributed by atoms with Crippen molar-refractivity contribution in [2.24, 2.45) is 0 Å². The summed E-state index contributed by atoms with van der Waals surface area (Å²) in [7, 11) is 0. The van der Waals surface area contributed by atoms with E-state index in [2.05, 4.69) is 5.32 Å². The lowest BCUT2D eigenvalue weighted by Gasteiger charge is -2.15. The SMILES string of the molecule is CCOc1ccc(C(=O)[C@@H](C)OC(=O)c2ccccc2Nc2ccccc2)cc1. The Kier molecular flexibility index (Phi) is 6.63. The van der Waals surface area contributed by atoms with Crippen LogP contribution in [0.5, 0.6) is 5.75 Å². The van der Waals surface area contributed by atoms with Gasteiger partial charge in [0, 0.05) is 11.3 Å². The lowest BCUT2D eigenvalue weighted by atomic mass is 10.1. The molecule has 1 atom stereocenters. The van der Waals surface area contributed by atoms with Crippen molar-refractivity contribution in [3.8, 4) is 5.75 Å². The first-order chi connectivity index (χ1) is 14.1. The number of para-hydroxylation sites is 2. The highest BCUT2D eigenvalue weighted by atomic mass is 16.5. The maximum atomic E-state index is 12.7. The van der Waals surface area contributed by atoms with Gasteiger partial charge in [0.05, 0.1) is 17.9 Å². The van der Waals surface area contributed by atoms with Gasteiger partial charge in [-0.05, 0) is 62.4 Å². The minimum atomic E-state index is -0.912. The molecule has 0 aliphatic rings.